The second kappa shape index (κ2) is 29.7. The molecule has 11 heteroatoms. The van der Waals surface area contributed by atoms with Crippen molar-refractivity contribution < 1.29 is 52.1 Å². The molecule has 8 aromatic rings. The Bertz CT molecular complexity index is 2950. The van der Waals surface area contributed by atoms with Crippen molar-refractivity contribution in [2.24, 2.45) is 0 Å². The smallest absolute Gasteiger partial charge is 0.198 e. The molecule has 80 heavy (non-hydrogen) atoms. The van der Waals surface area contributed by atoms with Crippen LogP contribution in [0.4, 0.5) is 0 Å². The average Bonchev–Trinajstić information content (AvgIpc) is 3.60. The van der Waals surface area contributed by atoms with Crippen molar-refractivity contribution in [3.63, 3.8) is 0 Å². The molecule has 2 fully saturated rings. The molecule has 8 aromatic carbocycles. The van der Waals surface area contributed by atoms with Crippen LogP contribution in [0.25, 0.3) is 0 Å². The maximum Gasteiger partial charge on any atom is 0.198 e. The van der Waals surface area contributed by atoms with Gasteiger partial charge in [-0.05, 0) is 51.4 Å². The Labute approximate surface area is 471 Å². The fourth-order valence-corrected chi connectivity index (χ4v) is 10.2. The van der Waals surface area contributed by atoms with E-state index in [-0.39, 0.29) is 52.9 Å². The summed E-state index contributed by atoms with van der Waals surface area (Å²) in [4.78, 5) is 0. The molecule has 2 aliphatic heterocycles. The SMILES string of the molecule is C[C@]1(O[C@H]2O[C@H](COCc3ccccc3)[C@@H](OCc3ccccc3)[C@H](OCc3ccccc3)[C@H]2OCc2ccccc2)O[C@H](COCc2ccccc2)[C@@H](OCc2ccccc2)[C@H](OCc2ccccc2)[C@@H]1OCc1ccccc1. The molecule has 2 aliphatic rings. The van der Waals surface area contributed by atoms with Crippen LogP contribution in [-0.4, -0.2) is 74.1 Å². The Morgan fingerprint density at radius 1 is 0.300 bits per heavy atom. The van der Waals surface area contributed by atoms with Gasteiger partial charge in [0.25, 0.3) is 0 Å². The van der Waals surface area contributed by atoms with E-state index in [0.29, 0.717) is 13.2 Å². The van der Waals surface area contributed by atoms with E-state index in [9.17, 15) is 0 Å². The Kier molecular flexibility index (Phi) is 21.0. The normalized spacial score (nSPS) is 23.8. The maximum absolute atomic E-state index is 7.62. The van der Waals surface area contributed by atoms with E-state index in [2.05, 4.69) is 0 Å². The zero-order valence-corrected chi connectivity index (χ0v) is 45.4. The molecule has 0 amide bonds. The van der Waals surface area contributed by atoms with E-state index in [0.717, 1.165) is 44.5 Å². The molecular weight excluding hydrogens is 1000 g/mol. The molecule has 0 aromatic heterocycles. The van der Waals surface area contributed by atoms with Crippen molar-refractivity contribution in [3.05, 3.63) is 287 Å². The number of hydrogen-bond donors (Lipinski definition) is 0. The fraction of sp³-hybridized carbons (Fsp3) is 0.304. The molecule has 0 unspecified atom stereocenters. The molecule has 10 rings (SSSR count). The lowest BCUT2D eigenvalue weighted by atomic mass is 9.91. The predicted octanol–water partition coefficient (Wildman–Crippen LogP) is 12.8. The van der Waals surface area contributed by atoms with Gasteiger partial charge in [-0.1, -0.05) is 243 Å². The monoisotopic (exact) mass is 1080 g/mol. The number of hydrogen-bond acceptors (Lipinski definition) is 11. The molecule has 2 heterocycles. The van der Waals surface area contributed by atoms with Gasteiger partial charge in [-0.3, -0.25) is 0 Å². The van der Waals surface area contributed by atoms with Crippen LogP contribution in [0.2, 0.25) is 0 Å². The highest BCUT2D eigenvalue weighted by molar-refractivity contribution is 5.20. The molecule has 10 atom stereocenters. The van der Waals surface area contributed by atoms with Crippen LogP contribution in [-0.2, 0) is 105 Å². The van der Waals surface area contributed by atoms with Crippen LogP contribution in [0.5, 0.6) is 0 Å². The van der Waals surface area contributed by atoms with Crippen molar-refractivity contribution in [1.82, 2.24) is 0 Å². The van der Waals surface area contributed by atoms with Gasteiger partial charge in [0, 0.05) is 0 Å². The van der Waals surface area contributed by atoms with E-state index in [1.165, 1.54) is 0 Å². The third-order valence-corrected chi connectivity index (χ3v) is 14.3. The maximum atomic E-state index is 7.62. The van der Waals surface area contributed by atoms with E-state index in [1.807, 2.05) is 250 Å². The highest BCUT2D eigenvalue weighted by Crippen LogP contribution is 2.42. The van der Waals surface area contributed by atoms with Crippen LogP contribution in [0, 0.1) is 0 Å². The molecule has 2 saturated heterocycles. The Hall–Kier alpha value is -6.68. The first kappa shape index (κ1) is 56.6. The van der Waals surface area contributed by atoms with Gasteiger partial charge >= 0.3 is 0 Å². The van der Waals surface area contributed by atoms with E-state index < -0.39 is 60.9 Å². The van der Waals surface area contributed by atoms with Crippen molar-refractivity contribution in [2.45, 2.75) is 121 Å². The highest BCUT2D eigenvalue weighted by atomic mass is 16.8. The minimum atomic E-state index is -1.64. The standard InChI is InChI=1S/C69H72O11/c1-69(67(77-49-59-40-24-9-25-41-59)65(75-47-57-36-20-7-21-37-57)63(73-45-55-32-16-5-17-33-55)61(79-69)51-71-43-53-28-12-3-13-29-53)80-68-66(76-48-58-38-22-8-23-39-58)64(74-46-56-34-18-6-19-35-56)62(72-44-54-30-14-4-15-31-54)60(78-68)50-70-42-52-26-10-2-11-27-52/h2-41,60-68H,42-51H2,1H3/t60-,61-,62-,63-,64+,65+,66-,67+,68-,69-/m1/s1. The minimum Gasteiger partial charge on any atom is -0.374 e. The number of ether oxygens (including phenoxy) is 11. The Balaban J connectivity index is 1.06. The number of benzene rings is 8. The van der Waals surface area contributed by atoms with Crippen molar-refractivity contribution in [3.8, 4) is 0 Å². The summed E-state index contributed by atoms with van der Waals surface area (Å²) < 4.78 is 78.4. The molecule has 0 radical (unpaired) electrons. The second-order valence-corrected chi connectivity index (χ2v) is 20.4. The van der Waals surface area contributed by atoms with Gasteiger partial charge in [-0.25, -0.2) is 0 Å². The van der Waals surface area contributed by atoms with Gasteiger partial charge in [0.1, 0.15) is 48.8 Å². The summed E-state index contributed by atoms with van der Waals surface area (Å²) >= 11 is 0. The summed E-state index contributed by atoms with van der Waals surface area (Å²) in [5, 5.41) is 0. The molecule has 0 spiro atoms. The van der Waals surface area contributed by atoms with Crippen LogP contribution in [0.15, 0.2) is 243 Å². The molecule has 11 nitrogen and oxygen atoms in total. The van der Waals surface area contributed by atoms with Gasteiger partial charge in [-0.15, -0.1) is 0 Å². The first-order valence-electron chi connectivity index (χ1n) is 27.7. The summed E-state index contributed by atoms with van der Waals surface area (Å²) in [6.07, 6.45) is -7.53. The molecule has 0 aliphatic carbocycles. The largest absolute Gasteiger partial charge is 0.374 e. The topological polar surface area (TPSA) is 102 Å². The minimum absolute atomic E-state index is 0.123. The van der Waals surface area contributed by atoms with Crippen molar-refractivity contribution in [2.75, 3.05) is 13.2 Å². The molecular formula is C69H72O11. The van der Waals surface area contributed by atoms with E-state index in [1.54, 1.807) is 0 Å². The molecule has 0 saturated carbocycles. The van der Waals surface area contributed by atoms with Crippen LogP contribution in [0.1, 0.15) is 51.4 Å². The zero-order valence-electron chi connectivity index (χ0n) is 45.4. The van der Waals surface area contributed by atoms with Gasteiger partial charge in [0.15, 0.2) is 12.1 Å². The van der Waals surface area contributed by atoms with Gasteiger partial charge in [0.05, 0.1) is 66.1 Å². The quantitative estimate of drug-likeness (QED) is 0.0469. The number of rotatable bonds is 28. The van der Waals surface area contributed by atoms with E-state index >= 15 is 0 Å². The summed E-state index contributed by atoms with van der Waals surface area (Å²) in [6, 6.07) is 80.7. The third kappa shape index (κ3) is 16.2. The van der Waals surface area contributed by atoms with Crippen LogP contribution in [0.3, 0.4) is 0 Å². The lowest BCUT2D eigenvalue weighted by Crippen LogP contribution is -2.70. The van der Waals surface area contributed by atoms with Crippen molar-refractivity contribution >= 4 is 0 Å². The first-order chi connectivity index (χ1) is 39.5. The lowest BCUT2D eigenvalue weighted by Gasteiger charge is -2.53. The highest BCUT2D eigenvalue weighted by Gasteiger charge is 2.59. The van der Waals surface area contributed by atoms with Crippen molar-refractivity contribution in [1.29, 1.82) is 0 Å². The molecule has 0 bridgehead atoms. The van der Waals surface area contributed by atoms with E-state index in [4.69, 9.17) is 52.1 Å². The first-order valence-corrected chi connectivity index (χ1v) is 27.7. The second-order valence-electron chi connectivity index (χ2n) is 20.4. The Morgan fingerprint density at radius 2 is 0.575 bits per heavy atom. The zero-order chi connectivity index (χ0) is 54.4. The average molecular weight is 1080 g/mol. The van der Waals surface area contributed by atoms with Crippen LogP contribution >= 0.6 is 0 Å². The summed E-state index contributed by atoms with van der Waals surface area (Å²) in [6.45, 7) is 4.28. The molecule has 0 N–H and O–H groups in total. The lowest BCUT2D eigenvalue weighted by molar-refractivity contribution is -0.431. The van der Waals surface area contributed by atoms with Crippen LogP contribution < -0.4 is 0 Å². The molecule has 414 valence electrons. The summed E-state index contributed by atoms with van der Waals surface area (Å²) in [5.74, 6) is -1.64. The van der Waals surface area contributed by atoms with Gasteiger partial charge in [-0.2, -0.15) is 0 Å². The van der Waals surface area contributed by atoms with Gasteiger partial charge < -0.3 is 52.1 Å². The Morgan fingerprint density at radius 3 is 0.938 bits per heavy atom. The summed E-state index contributed by atoms with van der Waals surface area (Å²) in [7, 11) is 0. The fourth-order valence-electron chi connectivity index (χ4n) is 10.2. The predicted molar refractivity (Wildman–Crippen MR) is 305 cm³/mol. The summed E-state index contributed by atoms with van der Waals surface area (Å²) in [5.41, 5.74) is 7.88. The third-order valence-electron chi connectivity index (χ3n) is 14.3. The van der Waals surface area contributed by atoms with Gasteiger partial charge in [0.2, 0.25) is 0 Å².